The minimum absolute atomic E-state index is 0.174. The van der Waals surface area contributed by atoms with Gasteiger partial charge in [0.15, 0.2) is 0 Å². The van der Waals surface area contributed by atoms with Crippen molar-refractivity contribution in [2.75, 3.05) is 13.1 Å². The van der Waals surface area contributed by atoms with E-state index in [-0.39, 0.29) is 16.8 Å². The van der Waals surface area contributed by atoms with Gasteiger partial charge in [0.25, 0.3) is 5.91 Å². The van der Waals surface area contributed by atoms with Crippen LogP contribution in [0.2, 0.25) is 0 Å². The molecule has 0 spiro atoms. The second-order valence-electron chi connectivity index (χ2n) is 6.98. The number of benzene rings is 1. The number of amides is 1. The van der Waals surface area contributed by atoms with E-state index in [4.69, 9.17) is 0 Å². The van der Waals surface area contributed by atoms with Crippen LogP contribution in [0.4, 0.5) is 0 Å². The highest BCUT2D eigenvalue weighted by Crippen LogP contribution is 2.25. The first-order chi connectivity index (χ1) is 11.5. The fraction of sp³-hybridized carbons (Fsp3) is 0.611. The van der Waals surface area contributed by atoms with Gasteiger partial charge in [-0.15, -0.1) is 0 Å². The van der Waals surface area contributed by atoms with E-state index in [1.807, 2.05) is 0 Å². The normalized spacial score (nSPS) is 25.5. The van der Waals surface area contributed by atoms with Gasteiger partial charge in [0.1, 0.15) is 0 Å². The van der Waals surface area contributed by atoms with Crippen molar-refractivity contribution in [1.29, 1.82) is 0 Å². The van der Waals surface area contributed by atoms with Gasteiger partial charge in [-0.05, 0) is 49.8 Å². The molecule has 1 aliphatic heterocycles. The molecule has 0 bridgehead atoms. The molecular formula is C18H26N2O3S. The van der Waals surface area contributed by atoms with E-state index in [2.05, 4.69) is 12.2 Å². The third-order valence-electron chi connectivity index (χ3n) is 5.23. The van der Waals surface area contributed by atoms with Crippen LogP contribution in [-0.2, 0) is 10.0 Å². The maximum atomic E-state index is 12.6. The number of nitrogens with one attached hydrogen (secondary N) is 1. The minimum atomic E-state index is -3.49. The molecule has 3 rings (SSSR count). The Bertz CT molecular complexity index is 696. The highest BCUT2D eigenvalue weighted by Gasteiger charge is 2.28. The van der Waals surface area contributed by atoms with E-state index in [0.29, 0.717) is 24.6 Å². The summed E-state index contributed by atoms with van der Waals surface area (Å²) in [6.07, 6.45) is 6.29. The zero-order chi connectivity index (χ0) is 17.2. The minimum Gasteiger partial charge on any atom is -0.349 e. The Balaban J connectivity index is 1.76. The van der Waals surface area contributed by atoms with Crippen LogP contribution < -0.4 is 5.32 Å². The van der Waals surface area contributed by atoms with Crippen LogP contribution in [0.5, 0.6) is 0 Å². The Labute approximate surface area is 144 Å². The average Bonchev–Trinajstić information content (AvgIpc) is 3.12. The molecule has 1 heterocycles. The van der Waals surface area contributed by atoms with Crippen LogP contribution in [0.25, 0.3) is 0 Å². The van der Waals surface area contributed by atoms with Crippen molar-refractivity contribution >= 4 is 15.9 Å². The van der Waals surface area contributed by atoms with Gasteiger partial charge in [-0.25, -0.2) is 8.42 Å². The lowest BCUT2D eigenvalue weighted by Crippen LogP contribution is -2.41. The van der Waals surface area contributed by atoms with Crippen molar-refractivity contribution in [2.24, 2.45) is 5.92 Å². The van der Waals surface area contributed by atoms with Crippen LogP contribution in [-0.4, -0.2) is 37.8 Å². The van der Waals surface area contributed by atoms with E-state index in [0.717, 1.165) is 32.1 Å². The molecule has 0 unspecified atom stereocenters. The zero-order valence-corrected chi connectivity index (χ0v) is 15.0. The third-order valence-corrected chi connectivity index (χ3v) is 7.12. The fourth-order valence-corrected chi connectivity index (χ4v) is 5.22. The number of nitrogens with zero attached hydrogens (tertiary/aromatic N) is 1. The van der Waals surface area contributed by atoms with E-state index >= 15 is 0 Å². The Morgan fingerprint density at radius 1 is 1.12 bits per heavy atom. The summed E-state index contributed by atoms with van der Waals surface area (Å²) in [4.78, 5) is 12.8. The molecule has 132 valence electrons. The lowest BCUT2D eigenvalue weighted by atomic mass is 9.86. The molecule has 2 atom stereocenters. The SMILES string of the molecule is C[C@@H]1CCCC[C@@H]1NC(=O)c1cccc(S(=O)(=O)N2CCCC2)c1. The first-order valence-electron chi connectivity index (χ1n) is 8.89. The van der Waals surface area contributed by atoms with Crippen LogP contribution in [0.3, 0.4) is 0 Å². The summed E-state index contributed by atoms with van der Waals surface area (Å²) in [5.74, 6) is 0.298. The maximum absolute atomic E-state index is 12.6. The molecule has 1 aromatic carbocycles. The molecule has 6 heteroatoms. The van der Waals surface area contributed by atoms with Crippen molar-refractivity contribution in [3.8, 4) is 0 Å². The highest BCUT2D eigenvalue weighted by molar-refractivity contribution is 7.89. The maximum Gasteiger partial charge on any atom is 0.251 e. The molecule has 1 saturated carbocycles. The molecule has 0 aromatic heterocycles. The molecule has 1 saturated heterocycles. The molecule has 1 N–H and O–H groups in total. The first kappa shape index (κ1) is 17.4. The summed E-state index contributed by atoms with van der Waals surface area (Å²) in [5, 5.41) is 3.09. The van der Waals surface area contributed by atoms with Crippen LogP contribution >= 0.6 is 0 Å². The van der Waals surface area contributed by atoms with Gasteiger partial charge in [0.05, 0.1) is 4.90 Å². The molecule has 1 amide bonds. The summed E-state index contributed by atoms with van der Waals surface area (Å²) in [7, 11) is -3.49. The average molecular weight is 350 g/mol. The summed E-state index contributed by atoms with van der Waals surface area (Å²) < 4.78 is 26.8. The molecule has 2 fully saturated rings. The fourth-order valence-electron chi connectivity index (χ4n) is 3.66. The predicted octanol–water partition coefficient (Wildman–Crippen LogP) is 2.78. The smallest absolute Gasteiger partial charge is 0.251 e. The highest BCUT2D eigenvalue weighted by atomic mass is 32.2. The molecule has 24 heavy (non-hydrogen) atoms. The van der Waals surface area contributed by atoms with Gasteiger partial charge < -0.3 is 5.32 Å². The first-order valence-corrected chi connectivity index (χ1v) is 10.3. The molecule has 2 aliphatic rings. The second kappa shape index (κ2) is 7.23. The number of carbonyl (C=O) groups excluding carboxylic acids is 1. The van der Waals surface area contributed by atoms with Crippen LogP contribution in [0.1, 0.15) is 55.8 Å². The molecule has 1 aliphatic carbocycles. The molecule has 5 nitrogen and oxygen atoms in total. The monoisotopic (exact) mass is 350 g/mol. The summed E-state index contributed by atoms with van der Waals surface area (Å²) in [5.41, 5.74) is 0.424. The van der Waals surface area contributed by atoms with Gasteiger partial charge in [-0.3, -0.25) is 4.79 Å². The van der Waals surface area contributed by atoms with Crippen molar-refractivity contribution < 1.29 is 13.2 Å². The van der Waals surface area contributed by atoms with E-state index in [1.54, 1.807) is 18.2 Å². The van der Waals surface area contributed by atoms with Gasteiger partial charge in [0, 0.05) is 24.7 Å². The van der Waals surface area contributed by atoms with Crippen molar-refractivity contribution in [3.63, 3.8) is 0 Å². The second-order valence-corrected chi connectivity index (χ2v) is 8.92. The van der Waals surface area contributed by atoms with Gasteiger partial charge in [-0.1, -0.05) is 25.8 Å². The predicted molar refractivity (Wildman–Crippen MR) is 93.3 cm³/mol. The Hall–Kier alpha value is -1.40. The summed E-state index contributed by atoms with van der Waals surface area (Å²) in [6, 6.07) is 6.61. The Morgan fingerprint density at radius 2 is 1.83 bits per heavy atom. The topological polar surface area (TPSA) is 66.5 Å². The zero-order valence-electron chi connectivity index (χ0n) is 14.2. The number of sulfonamides is 1. The van der Waals surface area contributed by atoms with Gasteiger partial charge >= 0.3 is 0 Å². The van der Waals surface area contributed by atoms with E-state index in [1.165, 1.54) is 16.8 Å². The van der Waals surface area contributed by atoms with E-state index < -0.39 is 10.0 Å². The van der Waals surface area contributed by atoms with Gasteiger partial charge in [-0.2, -0.15) is 4.31 Å². The number of hydrogen-bond donors (Lipinski definition) is 1. The lowest BCUT2D eigenvalue weighted by Gasteiger charge is -2.29. The summed E-state index contributed by atoms with van der Waals surface area (Å²) >= 11 is 0. The molecule has 0 radical (unpaired) electrons. The number of rotatable bonds is 4. The number of hydrogen-bond acceptors (Lipinski definition) is 3. The largest absolute Gasteiger partial charge is 0.349 e. The van der Waals surface area contributed by atoms with Crippen molar-refractivity contribution in [2.45, 2.75) is 56.4 Å². The molecule has 1 aromatic rings. The standard InChI is InChI=1S/C18H26N2O3S/c1-14-7-2-3-10-17(14)19-18(21)15-8-6-9-16(13-15)24(22,23)20-11-4-5-12-20/h6,8-9,13-14,17H,2-5,7,10-12H2,1H3,(H,19,21)/t14-,17+/m1/s1. The summed E-state index contributed by atoms with van der Waals surface area (Å²) in [6.45, 7) is 3.30. The van der Waals surface area contributed by atoms with Crippen LogP contribution in [0.15, 0.2) is 29.2 Å². The third kappa shape index (κ3) is 3.64. The van der Waals surface area contributed by atoms with E-state index in [9.17, 15) is 13.2 Å². The lowest BCUT2D eigenvalue weighted by molar-refractivity contribution is 0.0910. The van der Waals surface area contributed by atoms with Crippen LogP contribution in [0, 0.1) is 5.92 Å². The number of carbonyl (C=O) groups is 1. The van der Waals surface area contributed by atoms with Crippen molar-refractivity contribution in [3.05, 3.63) is 29.8 Å². The quantitative estimate of drug-likeness (QED) is 0.908. The Morgan fingerprint density at radius 3 is 2.54 bits per heavy atom. The Kier molecular flexibility index (Phi) is 5.25. The van der Waals surface area contributed by atoms with Gasteiger partial charge in [0.2, 0.25) is 10.0 Å². The molecular weight excluding hydrogens is 324 g/mol. The van der Waals surface area contributed by atoms with Crippen molar-refractivity contribution in [1.82, 2.24) is 9.62 Å².